The second kappa shape index (κ2) is 7.75. The van der Waals surface area contributed by atoms with Gasteiger partial charge in [0.2, 0.25) is 0 Å². The molecule has 0 unspecified atom stereocenters. The van der Waals surface area contributed by atoms with E-state index in [2.05, 4.69) is 0 Å². The van der Waals surface area contributed by atoms with Gasteiger partial charge in [-0.3, -0.25) is 0 Å². The zero-order valence-corrected chi connectivity index (χ0v) is 12.5. The lowest BCUT2D eigenvalue weighted by Gasteiger charge is -2.17. The molecule has 0 radical (unpaired) electrons. The molecule has 5 nitrogen and oxygen atoms in total. The van der Waals surface area contributed by atoms with Gasteiger partial charge in [-0.25, -0.2) is 0 Å². The second-order valence-electron chi connectivity index (χ2n) is 4.64. The summed E-state index contributed by atoms with van der Waals surface area (Å²) in [6.45, 7) is 3.52. The molecular weight excluding hydrogens is 260 g/mol. The second-order valence-corrected chi connectivity index (χ2v) is 4.64. The van der Waals surface area contributed by atoms with Gasteiger partial charge in [0.1, 0.15) is 23.0 Å². The van der Waals surface area contributed by atoms with Crippen molar-refractivity contribution < 1.29 is 24.1 Å². The van der Waals surface area contributed by atoms with Crippen LogP contribution in [0.25, 0.3) is 0 Å². The molecule has 0 spiro atoms. The number of carbonyl (C=O) groups is 1. The van der Waals surface area contributed by atoms with Gasteiger partial charge in [0, 0.05) is 30.7 Å². The smallest absolute Gasteiger partial charge is 0.188 e. The van der Waals surface area contributed by atoms with E-state index in [0.717, 1.165) is 5.56 Å². The molecule has 0 aromatic heterocycles. The number of hydrogen-bond acceptors (Lipinski definition) is 5. The first kappa shape index (κ1) is 16.3. The van der Waals surface area contributed by atoms with Crippen LogP contribution in [-0.2, 0) is 16.0 Å². The van der Waals surface area contributed by atoms with Gasteiger partial charge in [0.05, 0.1) is 7.11 Å². The van der Waals surface area contributed by atoms with Crippen molar-refractivity contribution >= 4 is 5.78 Å². The fourth-order valence-electron chi connectivity index (χ4n) is 2.08. The molecular formula is C15H22O5. The first-order valence-corrected chi connectivity index (χ1v) is 6.51. The Bertz CT molecular complexity index is 468. The Labute approximate surface area is 119 Å². The van der Waals surface area contributed by atoms with Gasteiger partial charge in [0.25, 0.3) is 0 Å². The zero-order valence-electron chi connectivity index (χ0n) is 12.5. The highest BCUT2D eigenvalue weighted by Crippen LogP contribution is 2.39. The highest BCUT2D eigenvalue weighted by Gasteiger charge is 2.17. The first-order valence-electron chi connectivity index (χ1n) is 6.51. The van der Waals surface area contributed by atoms with Crippen molar-refractivity contribution in [1.29, 1.82) is 0 Å². The van der Waals surface area contributed by atoms with Crippen molar-refractivity contribution in [2.24, 2.45) is 0 Å². The Morgan fingerprint density at radius 2 is 2.05 bits per heavy atom. The number of ketones is 1. The number of hydrogen-bond donors (Lipinski definition) is 1. The quantitative estimate of drug-likeness (QED) is 0.742. The van der Waals surface area contributed by atoms with Crippen LogP contribution in [0.2, 0.25) is 0 Å². The van der Waals surface area contributed by atoms with Crippen molar-refractivity contribution in [2.45, 2.75) is 33.1 Å². The molecule has 0 bridgehead atoms. The van der Waals surface area contributed by atoms with E-state index in [1.54, 1.807) is 20.1 Å². The predicted molar refractivity (Wildman–Crippen MR) is 75.5 cm³/mol. The molecule has 0 aliphatic carbocycles. The van der Waals surface area contributed by atoms with E-state index in [9.17, 15) is 9.90 Å². The standard InChI is InChI=1S/C15H22O5/c1-10(16)6-5-7-12-13(17)8-14(20-9-18-3)11(2)15(12)19-4/h8,17H,5-7,9H2,1-4H3. The van der Waals surface area contributed by atoms with Crippen LogP contribution in [0, 0.1) is 6.92 Å². The largest absolute Gasteiger partial charge is 0.507 e. The minimum atomic E-state index is 0.104. The van der Waals surface area contributed by atoms with Crippen molar-refractivity contribution in [3.8, 4) is 17.2 Å². The molecule has 0 fully saturated rings. The number of benzene rings is 1. The molecule has 0 heterocycles. The van der Waals surface area contributed by atoms with Crippen molar-refractivity contribution in [2.75, 3.05) is 21.0 Å². The van der Waals surface area contributed by atoms with Gasteiger partial charge in [0.15, 0.2) is 6.79 Å². The van der Waals surface area contributed by atoms with E-state index in [1.165, 1.54) is 7.11 Å². The SMILES string of the molecule is COCOc1cc(O)c(CCCC(C)=O)c(OC)c1C. The Hall–Kier alpha value is -1.75. The number of Topliss-reactive ketones (excluding diaryl/α,β-unsaturated/α-hetero) is 1. The van der Waals surface area contributed by atoms with Crippen LogP contribution in [0.15, 0.2) is 6.07 Å². The molecule has 0 aliphatic heterocycles. The Balaban J connectivity index is 2.99. The van der Waals surface area contributed by atoms with Crippen molar-refractivity contribution in [3.05, 3.63) is 17.2 Å². The molecule has 1 aromatic rings. The highest BCUT2D eigenvalue weighted by atomic mass is 16.7. The van der Waals surface area contributed by atoms with Gasteiger partial charge in [-0.15, -0.1) is 0 Å². The van der Waals surface area contributed by atoms with Crippen LogP contribution in [-0.4, -0.2) is 31.9 Å². The van der Waals surface area contributed by atoms with Gasteiger partial charge in [-0.1, -0.05) is 0 Å². The van der Waals surface area contributed by atoms with Crippen LogP contribution >= 0.6 is 0 Å². The normalized spacial score (nSPS) is 10.4. The van der Waals surface area contributed by atoms with Gasteiger partial charge < -0.3 is 24.1 Å². The fraction of sp³-hybridized carbons (Fsp3) is 0.533. The molecule has 0 aliphatic rings. The minimum absolute atomic E-state index is 0.104. The number of phenols is 1. The summed E-state index contributed by atoms with van der Waals surface area (Å²) in [5, 5.41) is 10.1. The molecule has 20 heavy (non-hydrogen) atoms. The number of phenolic OH excluding ortho intramolecular Hbond substituents is 1. The molecule has 112 valence electrons. The molecule has 0 saturated carbocycles. The fourth-order valence-corrected chi connectivity index (χ4v) is 2.08. The number of aromatic hydroxyl groups is 1. The van der Waals surface area contributed by atoms with E-state index in [-0.39, 0.29) is 18.3 Å². The summed E-state index contributed by atoms with van der Waals surface area (Å²) in [4.78, 5) is 11.0. The molecule has 1 rings (SSSR count). The van der Waals surface area contributed by atoms with Crippen LogP contribution < -0.4 is 9.47 Å². The maximum Gasteiger partial charge on any atom is 0.188 e. The third-order valence-corrected chi connectivity index (χ3v) is 3.05. The summed E-state index contributed by atoms with van der Waals surface area (Å²) in [6, 6.07) is 1.56. The number of methoxy groups -OCH3 is 2. The van der Waals surface area contributed by atoms with Gasteiger partial charge >= 0.3 is 0 Å². The van der Waals surface area contributed by atoms with E-state index < -0.39 is 0 Å². The first-order chi connectivity index (χ1) is 9.51. The van der Waals surface area contributed by atoms with Crippen LogP contribution in [0.5, 0.6) is 17.2 Å². The third kappa shape index (κ3) is 4.13. The number of rotatable bonds is 8. The van der Waals surface area contributed by atoms with Crippen LogP contribution in [0.3, 0.4) is 0 Å². The summed E-state index contributed by atoms with van der Waals surface area (Å²) >= 11 is 0. The molecule has 1 aromatic carbocycles. The van der Waals surface area contributed by atoms with E-state index in [1.807, 2.05) is 6.92 Å². The molecule has 0 saturated heterocycles. The zero-order chi connectivity index (χ0) is 15.1. The van der Waals surface area contributed by atoms with Crippen molar-refractivity contribution in [3.63, 3.8) is 0 Å². The summed E-state index contributed by atoms with van der Waals surface area (Å²) < 4.78 is 15.6. The number of ether oxygens (including phenoxy) is 3. The molecule has 0 amide bonds. The lowest BCUT2D eigenvalue weighted by atomic mass is 10.0. The molecule has 1 N–H and O–H groups in total. The van der Waals surface area contributed by atoms with E-state index in [4.69, 9.17) is 14.2 Å². The predicted octanol–water partition coefficient (Wildman–Crippen LogP) is 2.60. The Kier molecular flexibility index (Phi) is 6.31. The lowest BCUT2D eigenvalue weighted by molar-refractivity contribution is -0.117. The van der Waals surface area contributed by atoms with Crippen molar-refractivity contribution in [1.82, 2.24) is 0 Å². The van der Waals surface area contributed by atoms with Gasteiger partial charge in [-0.05, 0) is 26.7 Å². The minimum Gasteiger partial charge on any atom is -0.507 e. The Morgan fingerprint density at radius 1 is 1.35 bits per heavy atom. The molecule has 5 heteroatoms. The topological polar surface area (TPSA) is 65.0 Å². The summed E-state index contributed by atoms with van der Waals surface area (Å²) in [6.07, 6.45) is 1.75. The van der Waals surface area contributed by atoms with E-state index in [0.29, 0.717) is 36.3 Å². The summed E-state index contributed by atoms with van der Waals surface area (Å²) in [5.74, 6) is 1.37. The summed E-state index contributed by atoms with van der Waals surface area (Å²) in [5.41, 5.74) is 1.51. The van der Waals surface area contributed by atoms with Crippen LogP contribution in [0.4, 0.5) is 0 Å². The number of carbonyl (C=O) groups excluding carboxylic acids is 1. The maximum absolute atomic E-state index is 11.0. The average Bonchev–Trinajstić information content (AvgIpc) is 2.40. The highest BCUT2D eigenvalue weighted by molar-refractivity contribution is 5.75. The monoisotopic (exact) mass is 282 g/mol. The van der Waals surface area contributed by atoms with Gasteiger partial charge in [-0.2, -0.15) is 0 Å². The maximum atomic E-state index is 11.0. The lowest BCUT2D eigenvalue weighted by Crippen LogP contribution is -2.04. The van der Waals surface area contributed by atoms with Crippen LogP contribution in [0.1, 0.15) is 30.9 Å². The molecule has 0 atom stereocenters. The van der Waals surface area contributed by atoms with E-state index >= 15 is 0 Å². The average molecular weight is 282 g/mol. The summed E-state index contributed by atoms with van der Waals surface area (Å²) in [7, 11) is 3.08. The Morgan fingerprint density at radius 3 is 2.60 bits per heavy atom. The third-order valence-electron chi connectivity index (χ3n) is 3.05.